The number of carbonyl (C=O) groups excluding carboxylic acids is 2. The number of alkyl halides is 4. The minimum absolute atomic E-state index is 0.0594. The third-order valence-electron chi connectivity index (χ3n) is 4.17. The summed E-state index contributed by atoms with van der Waals surface area (Å²) in [7, 11) is 0. The van der Waals surface area contributed by atoms with Crippen LogP contribution in [0.1, 0.15) is 28.8 Å². The normalized spacial score (nSPS) is 13.5. The molecule has 164 valence electrons. The van der Waals surface area contributed by atoms with E-state index < -0.39 is 24.9 Å². The molecule has 2 aromatic carbocycles. The lowest BCUT2D eigenvalue weighted by Gasteiger charge is -2.11. The SMILES string of the molecule is O=C(/C=C/c1ccc(OC(F)F)cc1OC(F)F)Nc1ccc(C(=O)NC2CC2)cc1. The molecular formula is C21H18F4N2O4. The van der Waals surface area contributed by atoms with Crippen LogP contribution in [0.5, 0.6) is 11.5 Å². The molecule has 0 saturated heterocycles. The standard InChI is InChI=1S/C21H18F4N2O4/c22-20(23)30-16-9-3-12(17(11-16)31-21(24)25)4-10-18(28)26-14-5-1-13(2-6-14)19(29)27-15-7-8-15/h1-6,9-11,15,20-21H,7-8H2,(H,26,28)(H,27,29)/b10-4+. The fraction of sp³-hybridized carbons (Fsp3) is 0.238. The minimum Gasteiger partial charge on any atom is -0.435 e. The largest absolute Gasteiger partial charge is 0.435 e. The average Bonchev–Trinajstić information content (AvgIpc) is 3.51. The van der Waals surface area contributed by atoms with Crippen molar-refractivity contribution in [3.05, 3.63) is 59.7 Å². The van der Waals surface area contributed by atoms with Gasteiger partial charge in [0.1, 0.15) is 11.5 Å². The maximum absolute atomic E-state index is 12.6. The Hall–Kier alpha value is -3.56. The van der Waals surface area contributed by atoms with Crippen LogP contribution in [0.3, 0.4) is 0 Å². The second-order valence-corrected chi connectivity index (χ2v) is 6.60. The van der Waals surface area contributed by atoms with Gasteiger partial charge in [0, 0.05) is 35.0 Å². The Labute approximate surface area is 174 Å². The molecule has 0 unspecified atom stereocenters. The number of halogens is 4. The molecule has 10 heteroatoms. The second-order valence-electron chi connectivity index (χ2n) is 6.60. The molecule has 6 nitrogen and oxygen atoms in total. The lowest BCUT2D eigenvalue weighted by Crippen LogP contribution is -2.25. The molecule has 0 spiro atoms. The van der Waals surface area contributed by atoms with Gasteiger partial charge in [-0.2, -0.15) is 17.6 Å². The summed E-state index contributed by atoms with van der Waals surface area (Å²) in [5.41, 5.74) is 0.937. The zero-order chi connectivity index (χ0) is 22.4. The van der Waals surface area contributed by atoms with E-state index in [4.69, 9.17) is 0 Å². The Morgan fingerprint density at radius 3 is 2.26 bits per heavy atom. The highest BCUT2D eigenvalue weighted by atomic mass is 19.3. The van der Waals surface area contributed by atoms with Gasteiger partial charge in [-0.25, -0.2) is 0 Å². The second kappa shape index (κ2) is 9.96. The molecule has 1 aliphatic rings. The summed E-state index contributed by atoms with van der Waals surface area (Å²) in [5, 5.41) is 5.41. The van der Waals surface area contributed by atoms with Crippen LogP contribution in [-0.4, -0.2) is 31.1 Å². The third-order valence-corrected chi connectivity index (χ3v) is 4.17. The van der Waals surface area contributed by atoms with Gasteiger partial charge in [-0.1, -0.05) is 0 Å². The fourth-order valence-corrected chi connectivity index (χ4v) is 2.58. The van der Waals surface area contributed by atoms with Crippen molar-refractivity contribution in [3.8, 4) is 11.5 Å². The molecule has 1 fully saturated rings. The Kier molecular flexibility index (Phi) is 7.11. The number of amides is 2. The Morgan fingerprint density at radius 1 is 0.968 bits per heavy atom. The first-order valence-corrected chi connectivity index (χ1v) is 9.24. The number of benzene rings is 2. The highest BCUT2D eigenvalue weighted by Gasteiger charge is 2.23. The Morgan fingerprint density at radius 2 is 1.65 bits per heavy atom. The van der Waals surface area contributed by atoms with Crippen molar-refractivity contribution in [2.24, 2.45) is 0 Å². The average molecular weight is 438 g/mol. The number of hydrogen-bond donors (Lipinski definition) is 2. The lowest BCUT2D eigenvalue weighted by molar-refractivity contribution is -0.111. The molecule has 0 bridgehead atoms. The van der Waals surface area contributed by atoms with E-state index in [0.717, 1.165) is 31.1 Å². The predicted octanol–water partition coefficient (Wildman–Crippen LogP) is 4.43. The summed E-state index contributed by atoms with van der Waals surface area (Å²) in [6.07, 6.45) is 4.20. The maximum Gasteiger partial charge on any atom is 0.387 e. The number of anilines is 1. The summed E-state index contributed by atoms with van der Waals surface area (Å²) in [6.45, 7) is -6.32. The van der Waals surface area contributed by atoms with Gasteiger partial charge < -0.3 is 20.1 Å². The molecular weight excluding hydrogens is 420 g/mol. The van der Waals surface area contributed by atoms with Gasteiger partial charge in [0.05, 0.1) is 0 Å². The Bertz CT molecular complexity index is 960. The number of carbonyl (C=O) groups is 2. The molecule has 1 saturated carbocycles. The molecule has 1 aliphatic carbocycles. The van der Waals surface area contributed by atoms with Gasteiger partial charge in [-0.15, -0.1) is 0 Å². The Balaban J connectivity index is 1.63. The number of ether oxygens (including phenoxy) is 2. The van der Waals surface area contributed by atoms with Crippen LogP contribution in [0, 0.1) is 0 Å². The first-order chi connectivity index (χ1) is 14.8. The van der Waals surface area contributed by atoms with Crippen molar-refractivity contribution < 1.29 is 36.6 Å². The lowest BCUT2D eigenvalue weighted by atomic mass is 10.1. The summed E-state index contributed by atoms with van der Waals surface area (Å²) in [6, 6.07) is 9.67. The number of nitrogens with one attached hydrogen (secondary N) is 2. The van der Waals surface area contributed by atoms with Gasteiger partial charge in [0.2, 0.25) is 5.91 Å². The van der Waals surface area contributed by atoms with Crippen LogP contribution < -0.4 is 20.1 Å². The highest BCUT2D eigenvalue weighted by molar-refractivity contribution is 6.02. The molecule has 31 heavy (non-hydrogen) atoms. The van der Waals surface area contributed by atoms with Gasteiger partial charge in [0.15, 0.2) is 0 Å². The van der Waals surface area contributed by atoms with Crippen LogP contribution in [-0.2, 0) is 4.79 Å². The first kappa shape index (κ1) is 22.1. The molecule has 0 aromatic heterocycles. The minimum atomic E-state index is -3.20. The van der Waals surface area contributed by atoms with Crippen LogP contribution in [0.25, 0.3) is 6.08 Å². The number of hydrogen-bond acceptors (Lipinski definition) is 4. The van der Waals surface area contributed by atoms with Crippen molar-refractivity contribution in [1.29, 1.82) is 0 Å². The summed E-state index contributed by atoms with van der Waals surface area (Å²) in [4.78, 5) is 24.1. The van der Waals surface area contributed by atoms with Crippen LogP contribution >= 0.6 is 0 Å². The molecule has 0 radical (unpaired) electrons. The van der Waals surface area contributed by atoms with Crippen LogP contribution in [0.15, 0.2) is 48.5 Å². The summed E-state index contributed by atoms with van der Waals surface area (Å²) in [5.74, 6) is -1.56. The van der Waals surface area contributed by atoms with Crippen LogP contribution in [0.2, 0.25) is 0 Å². The molecule has 0 aliphatic heterocycles. The summed E-state index contributed by atoms with van der Waals surface area (Å²) < 4.78 is 58.3. The van der Waals surface area contributed by atoms with E-state index in [2.05, 4.69) is 20.1 Å². The van der Waals surface area contributed by atoms with E-state index in [1.54, 1.807) is 24.3 Å². The number of rotatable bonds is 9. The molecule has 3 rings (SSSR count). The zero-order valence-electron chi connectivity index (χ0n) is 16.0. The maximum atomic E-state index is 12.6. The summed E-state index contributed by atoms with van der Waals surface area (Å²) >= 11 is 0. The quantitative estimate of drug-likeness (QED) is 0.449. The van der Waals surface area contributed by atoms with E-state index in [-0.39, 0.29) is 23.3 Å². The van der Waals surface area contributed by atoms with Crippen molar-refractivity contribution >= 4 is 23.6 Å². The smallest absolute Gasteiger partial charge is 0.387 e. The van der Waals surface area contributed by atoms with Gasteiger partial charge in [-0.3, -0.25) is 9.59 Å². The van der Waals surface area contributed by atoms with Crippen molar-refractivity contribution in [1.82, 2.24) is 5.32 Å². The van der Waals surface area contributed by atoms with Gasteiger partial charge in [-0.05, 0) is 55.3 Å². The zero-order valence-corrected chi connectivity index (χ0v) is 16.0. The van der Waals surface area contributed by atoms with Crippen molar-refractivity contribution in [2.75, 3.05) is 5.32 Å². The van der Waals surface area contributed by atoms with Gasteiger partial charge in [0.25, 0.3) is 5.91 Å². The first-order valence-electron chi connectivity index (χ1n) is 9.24. The van der Waals surface area contributed by atoms with E-state index in [0.29, 0.717) is 11.3 Å². The van der Waals surface area contributed by atoms with E-state index in [1.165, 1.54) is 12.1 Å². The van der Waals surface area contributed by atoms with Crippen molar-refractivity contribution in [2.45, 2.75) is 32.1 Å². The molecule has 2 amide bonds. The third kappa shape index (κ3) is 7.02. The van der Waals surface area contributed by atoms with Gasteiger partial charge >= 0.3 is 13.2 Å². The molecule has 0 atom stereocenters. The molecule has 0 heterocycles. The fourth-order valence-electron chi connectivity index (χ4n) is 2.58. The van der Waals surface area contributed by atoms with E-state index in [9.17, 15) is 27.2 Å². The monoisotopic (exact) mass is 438 g/mol. The van der Waals surface area contributed by atoms with Crippen molar-refractivity contribution in [3.63, 3.8) is 0 Å². The van der Waals surface area contributed by atoms with Crippen LogP contribution in [0.4, 0.5) is 23.2 Å². The highest BCUT2D eigenvalue weighted by Crippen LogP contribution is 2.28. The van der Waals surface area contributed by atoms with E-state index in [1.807, 2.05) is 0 Å². The van der Waals surface area contributed by atoms with E-state index >= 15 is 0 Å². The topological polar surface area (TPSA) is 76.7 Å². The predicted molar refractivity (Wildman–Crippen MR) is 104 cm³/mol. The molecule has 2 aromatic rings. The molecule has 2 N–H and O–H groups in total.